The van der Waals surface area contributed by atoms with Crippen LogP contribution in [0.25, 0.3) is 0 Å². The van der Waals surface area contributed by atoms with E-state index in [0.29, 0.717) is 64.6 Å². The van der Waals surface area contributed by atoms with E-state index in [0.717, 1.165) is 6.42 Å². The molecule has 23 nitrogen and oxygen atoms in total. The van der Waals surface area contributed by atoms with Gasteiger partial charge in [-0.1, -0.05) is 54.5 Å². The quantitative estimate of drug-likeness (QED) is 0.0335. The zero-order valence-electron chi connectivity index (χ0n) is 40.3. The van der Waals surface area contributed by atoms with Crippen LogP contribution >= 0.6 is 0 Å². The summed E-state index contributed by atoms with van der Waals surface area (Å²) in [5, 5.41) is 15.2. The summed E-state index contributed by atoms with van der Waals surface area (Å²) in [6.07, 6.45) is 1.96. The highest BCUT2D eigenvalue weighted by atomic mass is 16.6. The number of nitrogens with one attached hydrogen (secondary N) is 6. The summed E-state index contributed by atoms with van der Waals surface area (Å²) in [4.78, 5) is 106. The lowest BCUT2D eigenvalue weighted by atomic mass is 10.0. The Labute approximate surface area is 394 Å². The first-order valence-electron chi connectivity index (χ1n) is 22.4. The molecule has 8 amide bonds. The SMILES string of the molecule is CCC(=O)OCc1ccc(NC(=O)CNC(=O)C(NC(=O)CNC(=O)CCOCCOCCOCCOCCC(=O)C(C)C)C(C)C)cc1C(=O)NCCN.CCC(N)=O.CCCNC(N)=O. The Morgan fingerprint density at radius 3 is 1.67 bits per heavy atom. The Bertz CT molecular complexity index is 1650. The zero-order valence-corrected chi connectivity index (χ0v) is 40.3. The fraction of sp³-hybridized carbons (Fsp3) is 0.659. The van der Waals surface area contributed by atoms with Crippen molar-refractivity contribution < 1.29 is 66.8 Å². The van der Waals surface area contributed by atoms with Crippen LogP contribution in [0, 0.1) is 11.8 Å². The average molecular weight is 956 g/mol. The van der Waals surface area contributed by atoms with Crippen LogP contribution < -0.4 is 49.1 Å². The molecule has 1 aromatic carbocycles. The molecule has 0 saturated carbocycles. The van der Waals surface area contributed by atoms with Crippen molar-refractivity contribution in [2.45, 2.75) is 93.2 Å². The Hall–Kier alpha value is -5.75. The molecule has 0 bridgehead atoms. The lowest BCUT2D eigenvalue weighted by Gasteiger charge is -2.21. The van der Waals surface area contributed by atoms with E-state index >= 15 is 0 Å². The molecule has 1 atom stereocenters. The van der Waals surface area contributed by atoms with E-state index in [1.807, 2.05) is 20.8 Å². The average Bonchev–Trinajstić information content (AvgIpc) is 3.29. The van der Waals surface area contributed by atoms with Gasteiger partial charge in [0, 0.05) is 68.0 Å². The molecule has 0 aliphatic rings. The van der Waals surface area contributed by atoms with E-state index in [4.69, 9.17) is 35.2 Å². The lowest BCUT2D eigenvalue weighted by molar-refractivity contribution is -0.144. The predicted octanol–water partition coefficient (Wildman–Crippen LogP) is 0.158. The standard InChI is InChI=1S/C37H60N6O12.C4H10N2O.C3H7NO/c1-6-34(48)55-24-27-7-8-28(21-29(27)36(49)39-12-11-38)42-32(46)23-41-37(50)35(26(4)5)43-33(47)22-40-31(45)10-14-52-16-18-54-20-19-53-17-15-51-13-9-30(44)25(2)3;1-2-3-6-4(5)7;1-2-3(4)5/h7-8,21,25-26,35H,6,9-20,22-24,38H2,1-5H3,(H,39,49)(H,40,45)(H,41,50)(H,42,46)(H,43,47);2-3H2,1H3,(H3,5,6,7);2H2,1H3,(H2,4,5). The van der Waals surface area contributed by atoms with Gasteiger partial charge in [0.05, 0.1) is 65.9 Å². The highest BCUT2D eigenvalue weighted by Crippen LogP contribution is 2.18. The zero-order chi connectivity index (χ0) is 51.0. The van der Waals surface area contributed by atoms with Crippen molar-refractivity contribution in [3.05, 3.63) is 29.3 Å². The highest BCUT2D eigenvalue weighted by molar-refractivity contribution is 6.00. The summed E-state index contributed by atoms with van der Waals surface area (Å²) in [6.45, 7) is 15.2. The smallest absolute Gasteiger partial charge is 0.312 e. The molecule has 0 aliphatic heterocycles. The second-order valence-electron chi connectivity index (χ2n) is 14.9. The molecule has 0 aromatic heterocycles. The third-order valence-electron chi connectivity index (χ3n) is 8.50. The molecule has 0 heterocycles. The maximum absolute atomic E-state index is 12.9. The Balaban J connectivity index is 0. The monoisotopic (exact) mass is 956 g/mol. The first-order valence-corrected chi connectivity index (χ1v) is 22.4. The highest BCUT2D eigenvalue weighted by Gasteiger charge is 2.25. The number of Topliss-reactive ketones (excluding diaryl/α,β-unsaturated/α-hetero) is 1. The van der Waals surface area contributed by atoms with Gasteiger partial charge in [0.15, 0.2) is 0 Å². The van der Waals surface area contributed by atoms with Gasteiger partial charge in [-0.3, -0.25) is 38.4 Å². The number of amides is 8. The minimum absolute atomic E-state index is 0.00867. The number of primary amides is 2. The summed E-state index contributed by atoms with van der Waals surface area (Å²) >= 11 is 0. The summed E-state index contributed by atoms with van der Waals surface area (Å²) in [5.74, 6) is -3.54. The number of ketones is 1. The van der Waals surface area contributed by atoms with Crippen LogP contribution in [0.2, 0.25) is 0 Å². The van der Waals surface area contributed by atoms with Crippen molar-refractivity contribution in [3.8, 4) is 0 Å². The summed E-state index contributed by atoms with van der Waals surface area (Å²) in [6, 6.07) is 3.06. The number of urea groups is 1. The predicted molar refractivity (Wildman–Crippen MR) is 249 cm³/mol. The molecular weight excluding hydrogens is 879 g/mol. The molecule has 0 spiro atoms. The van der Waals surface area contributed by atoms with Crippen LogP contribution in [0.3, 0.4) is 0 Å². The van der Waals surface area contributed by atoms with E-state index in [-0.39, 0.29) is 87.1 Å². The van der Waals surface area contributed by atoms with E-state index in [1.54, 1.807) is 33.8 Å². The molecule has 0 saturated heterocycles. The molecule has 23 heteroatoms. The number of hydrogen-bond donors (Lipinski definition) is 9. The molecule has 382 valence electrons. The number of carbonyl (C=O) groups is 9. The maximum atomic E-state index is 12.9. The van der Waals surface area contributed by atoms with Crippen LogP contribution in [-0.2, 0) is 63.9 Å². The molecule has 0 radical (unpaired) electrons. The number of carbonyl (C=O) groups excluding carboxylic acids is 9. The van der Waals surface area contributed by atoms with Gasteiger partial charge < -0.3 is 72.8 Å². The molecule has 1 unspecified atom stereocenters. The molecule has 12 N–H and O–H groups in total. The van der Waals surface area contributed by atoms with Gasteiger partial charge in [-0.05, 0) is 24.5 Å². The Morgan fingerprint density at radius 1 is 0.642 bits per heavy atom. The molecule has 1 aromatic rings. The van der Waals surface area contributed by atoms with Crippen LogP contribution in [0.5, 0.6) is 0 Å². The Kier molecular flexibility index (Phi) is 38.3. The number of hydrogen-bond acceptors (Lipinski definition) is 15. The van der Waals surface area contributed by atoms with E-state index < -0.39 is 54.1 Å². The van der Waals surface area contributed by atoms with E-state index in [2.05, 4.69) is 37.6 Å². The van der Waals surface area contributed by atoms with Gasteiger partial charge in [-0.15, -0.1) is 0 Å². The third kappa shape index (κ3) is 36.1. The number of anilines is 1. The number of ether oxygens (including phenoxy) is 5. The molecule has 0 aliphatic carbocycles. The number of rotatable bonds is 33. The second-order valence-corrected chi connectivity index (χ2v) is 14.9. The van der Waals surface area contributed by atoms with Crippen molar-refractivity contribution in [1.29, 1.82) is 0 Å². The topological polar surface area (TPSA) is 350 Å². The van der Waals surface area contributed by atoms with E-state index in [9.17, 15) is 43.2 Å². The summed E-state index contributed by atoms with van der Waals surface area (Å²) in [5.41, 5.74) is 15.7. The van der Waals surface area contributed by atoms with Crippen LogP contribution in [-0.4, -0.2) is 145 Å². The van der Waals surface area contributed by atoms with Gasteiger partial charge in [0.1, 0.15) is 18.4 Å². The van der Waals surface area contributed by atoms with Gasteiger partial charge >= 0.3 is 12.0 Å². The van der Waals surface area contributed by atoms with Gasteiger partial charge in [0.2, 0.25) is 29.5 Å². The van der Waals surface area contributed by atoms with Crippen molar-refractivity contribution in [2.24, 2.45) is 29.0 Å². The lowest BCUT2D eigenvalue weighted by Crippen LogP contribution is -2.52. The van der Waals surface area contributed by atoms with Crippen LogP contribution in [0.15, 0.2) is 18.2 Å². The first-order chi connectivity index (χ1) is 31.8. The molecular formula is C44H77N9O14. The van der Waals surface area contributed by atoms with Crippen LogP contribution in [0.4, 0.5) is 10.5 Å². The third-order valence-corrected chi connectivity index (χ3v) is 8.50. The van der Waals surface area contributed by atoms with Crippen molar-refractivity contribution in [1.82, 2.24) is 26.6 Å². The molecule has 1 rings (SSSR count). The van der Waals surface area contributed by atoms with Gasteiger partial charge in [0.25, 0.3) is 5.91 Å². The van der Waals surface area contributed by atoms with Crippen molar-refractivity contribution in [2.75, 3.05) is 90.9 Å². The first kappa shape index (κ1) is 63.3. The van der Waals surface area contributed by atoms with Gasteiger partial charge in [-0.25, -0.2) is 4.79 Å². The van der Waals surface area contributed by atoms with Crippen molar-refractivity contribution in [3.63, 3.8) is 0 Å². The minimum atomic E-state index is -0.992. The molecule has 0 fully saturated rings. The number of nitrogens with two attached hydrogens (primary N) is 3. The Morgan fingerprint density at radius 2 is 1.19 bits per heavy atom. The largest absolute Gasteiger partial charge is 0.461 e. The van der Waals surface area contributed by atoms with E-state index in [1.165, 1.54) is 12.1 Å². The van der Waals surface area contributed by atoms with Crippen molar-refractivity contribution >= 4 is 58.9 Å². The fourth-order valence-corrected chi connectivity index (χ4v) is 4.68. The maximum Gasteiger partial charge on any atom is 0.312 e. The summed E-state index contributed by atoms with van der Waals surface area (Å²) < 4.78 is 26.7. The number of esters is 1. The second kappa shape index (κ2) is 40.5. The normalized spacial score (nSPS) is 10.8. The van der Waals surface area contributed by atoms with Crippen LogP contribution in [0.1, 0.15) is 96.5 Å². The number of benzene rings is 1. The molecule has 67 heavy (non-hydrogen) atoms. The minimum Gasteiger partial charge on any atom is -0.461 e. The van der Waals surface area contributed by atoms with Gasteiger partial charge in [-0.2, -0.15) is 0 Å². The fourth-order valence-electron chi connectivity index (χ4n) is 4.68. The summed E-state index contributed by atoms with van der Waals surface area (Å²) in [7, 11) is 0.